The largest absolute Gasteiger partial charge is 0.360 e. The van der Waals surface area contributed by atoms with Crippen LogP contribution in [-0.4, -0.2) is 27.7 Å². The molecule has 0 aliphatic rings. The molecule has 10 heteroatoms. The topological polar surface area (TPSA) is 137 Å². The molecule has 3 N–H and O–H groups in total. The summed E-state index contributed by atoms with van der Waals surface area (Å²) in [6, 6.07) is 14.0. The Bertz CT molecular complexity index is 1210. The number of H-pyrrole nitrogens is 1. The average Bonchev–Trinajstić information content (AvgIpc) is 3.03. The SMILES string of the molecule is N#Cc1c[nH]c2cccc(N(CS(N)(=O)=O)S(=O)(=O)c3ccccc3)c12. The highest BCUT2D eigenvalue weighted by molar-refractivity contribution is 7.95. The summed E-state index contributed by atoms with van der Waals surface area (Å²) in [6.07, 6.45) is 1.43. The molecule has 0 atom stereocenters. The first-order chi connectivity index (χ1) is 12.2. The van der Waals surface area contributed by atoms with Gasteiger partial charge in [-0.1, -0.05) is 24.3 Å². The van der Waals surface area contributed by atoms with Gasteiger partial charge in [-0.05, 0) is 24.3 Å². The number of aromatic amines is 1. The lowest BCUT2D eigenvalue weighted by atomic mass is 10.1. The third-order valence-corrected chi connectivity index (χ3v) is 6.26. The minimum absolute atomic E-state index is 0.0539. The molecule has 2 aromatic carbocycles. The molecule has 0 aliphatic carbocycles. The maximum absolute atomic E-state index is 13.1. The monoisotopic (exact) mass is 390 g/mol. The number of anilines is 1. The molecule has 0 radical (unpaired) electrons. The molecular formula is C16H14N4O4S2. The van der Waals surface area contributed by atoms with Crippen molar-refractivity contribution in [2.45, 2.75) is 4.90 Å². The molecule has 0 saturated heterocycles. The van der Waals surface area contributed by atoms with Crippen LogP contribution in [0.25, 0.3) is 10.9 Å². The zero-order chi connectivity index (χ0) is 18.9. The summed E-state index contributed by atoms with van der Waals surface area (Å²) in [4.78, 5) is 2.78. The number of fused-ring (bicyclic) bond motifs is 1. The first-order valence-electron chi connectivity index (χ1n) is 7.32. The van der Waals surface area contributed by atoms with Gasteiger partial charge in [-0.3, -0.25) is 0 Å². The quantitative estimate of drug-likeness (QED) is 0.680. The van der Waals surface area contributed by atoms with Crippen molar-refractivity contribution in [3.8, 4) is 6.07 Å². The number of benzene rings is 2. The van der Waals surface area contributed by atoms with Crippen molar-refractivity contribution in [1.82, 2.24) is 4.98 Å². The molecule has 0 aliphatic heterocycles. The zero-order valence-corrected chi connectivity index (χ0v) is 15.0. The van der Waals surface area contributed by atoms with Gasteiger partial charge in [-0.25, -0.2) is 26.3 Å². The Labute approximate surface area is 150 Å². The van der Waals surface area contributed by atoms with E-state index in [1.54, 1.807) is 18.2 Å². The van der Waals surface area contributed by atoms with E-state index >= 15 is 0 Å². The lowest BCUT2D eigenvalue weighted by Crippen LogP contribution is -2.38. The maximum atomic E-state index is 13.1. The lowest BCUT2D eigenvalue weighted by molar-refractivity contribution is 0.584. The Morgan fingerprint density at radius 2 is 1.73 bits per heavy atom. The summed E-state index contributed by atoms with van der Waals surface area (Å²) in [5.41, 5.74) is 0.748. The van der Waals surface area contributed by atoms with Crippen LogP contribution >= 0.6 is 0 Å². The van der Waals surface area contributed by atoms with Gasteiger partial charge >= 0.3 is 0 Å². The van der Waals surface area contributed by atoms with Crippen molar-refractivity contribution in [2.24, 2.45) is 5.14 Å². The highest BCUT2D eigenvalue weighted by atomic mass is 32.2. The Hall–Kier alpha value is -2.87. The minimum atomic E-state index is -4.23. The van der Waals surface area contributed by atoms with Crippen molar-refractivity contribution in [1.29, 1.82) is 5.26 Å². The first kappa shape index (κ1) is 17.9. The second-order valence-corrected chi connectivity index (χ2v) is 8.92. The highest BCUT2D eigenvalue weighted by Gasteiger charge is 2.30. The van der Waals surface area contributed by atoms with Crippen LogP contribution in [0.5, 0.6) is 0 Å². The van der Waals surface area contributed by atoms with Gasteiger partial charge in [0.1, 0.15) is 11.9 Å². The van der Waals surface area contributed by atoms with Gasteiger partial charge < -0.3 is 4.98 Å². The molecule has 26 heavy (non-hydrogen) atoms. The lowest BCUT2D eigenvalue weighted by Gasteiger charge is -2.24. The van der Waals surface area contributed by atoms with E-state index in [2.05, 4.69) is 4.98 Å². The Morgan fingerprint density at radius 1 is 1.04 bits per heavy atom. The number of nitrogens with zero attached hydrogens (tertiary/aromatic N) is 2. The molecule has 0 bridgehead atoms. The number of sulfonamides is 2. The summed E-state index contributed by atoms with van der Waals surface area (Å²) < 4.78 is 50.3. The molecule has 3 aromatic rings. The smallest absolute Gasteiger partial charge is 0.265 e. The molecule has 0 fully saturated rings. The maximum Gasteiger partial charge on any atom is 0.265 e. The number of rotatable bonds is 5. The molecular weight excluding hydrogens is 376 g/mol. The number of hydrogen-bond donors (Lipinski definition) is 2. The van der Waals surface area contributed by atoms with Gasteiger partial charge in [0.15, 0.2) is 0 Å². The summed E-state index contributed by atoms with van der Waals surface area (Å²) in [7, 11) is -8.41. The average molecular weight is 390 g/mol. The number of nitriles is 1. The molecule has 3 rings (SSSR count). The van der Waals surface area contributed by atoms with Crippen LogP contribution < -0.4 is 9.44 Å². The summed E-state index contributed by atoms with van der Waals surface area (Å²) in [5, 5.41) is 14.7. The predicted octanol–water partition coefficient (Wildman–Crippen LogP) is 1.48. The normalized spacial score (nSPS) is 12.0. The molecule has 0 saturated carbocycles. The van der Waals surface area contributed by atoms with Gasteiger partial charge in [0.2, 0.25) is 10.0 Å². The second kappa shape index (κ2) is 6.45. The fraction of sp³-hybridized carbons (Fsp3) is 0.0625. The Kier molecular flexibility index (Phi) is 4.45. The highest BCUT2D eigenvalue weighted by Crippen LogP contribution is 2.33. The van der Waals surface area contributed by atoms with Crippen molar-refractivity contribution >= 4 is 36.6 Å². The molecule has 0 unspecified atom stereocenters. The van der Waals surface area contributed by atoms with Gasteiger partial charge in [-0.15, -0.1) is 0 Å². The van der Waals surface area contributed by atoms with Gasteiger partial charge in [-0.2, -0.15) is 5.26 Å². The summed E-state index contributed by atoms with van der Waals surface area (Å²) >= 11 is 0. The Balaban J connectivity index is 2.31. The van der Waals surface area contributed by atoms with Crippen LogP contribution in [0.4, 0.5) is 5.69 Å². The fourth-order valence-electron chi connectivity index (χ4n) is 2.61. The van der Waals surface area contributed by atoms with Gasteiger partial charge in [0.05, 0.1) is 16.1 Å². The van der Waals surface area contributed by atoms with E-state index in [4.69, 9.17) is 5.14 Å². The molecule has 1 aromatic heterocycles. The standard InChI is InChI=1S/C16H14N4O4S2/c17-9-12-10-19-14-7-4-8-15(16(12)14)20(11-25(18,21)22)26(23,24)13-5-2-1-3-6-13/h1-8,10,19H,11H2,(H2,18,21,22). The van der Waals surface area contributed by atoms with Crippen LogP contribution in [0.1, 0.15) is 5.56 Å². The number of primary sulfonamides is 1. The molecule has 1 heterocycles. The first-order valence-corrected chi connectivity index (χ1v) is 10.5. The number of nitrogens with two attached hydrogens (primary N) is 1. The summed E-state index contributed by atoms with van der Waals surface area (Å²) in [5.74, 6) is -0.959. The predicted molar refractivity (Wildman–Crippen MR) is 97.1 cm³/mol. The molecule has 134 valence electrons. The van der Waals surface area contributed by atoms with E-state index in [0.29, 0.717) is 15.2 Å². The zero-order valence-electron chi connectivity index (χ0n) is 13.3. The van der Waals surface area contributed by atoms with E-state index < -0.39 is 25.9 Å². The second-order valence-electron chi connectivity index (χ2n) is 5.47. The van der Waals surface area contributed by atoms with Gasteiger partial charge in [0.25, 0.3) is 10.0 Å². The van der Waals surface area contributed by atoms with Crippen LogP contribution in [-0.2, 0) is 20.0 Å². The van der Waals surface area contributed by atoms with Crippen molar-refractivity contribution < 1.29 is 16.8 Å². The van der Waals surface area contributed by atoms with Crippen molar-refractivity contribution in [3.63, 3.8) is 0 Å². The Morgan fingerprint density at radius 3 is 2.35 bits per heavy atom. The van der Waals surface area contributed by atoms with E-state index in [9.17, 15) is 22.1 Å². The van der Waals surface area contributed by atoms with E-state index in [0.717, 1.165) is 0 Å². The van der Waals surface area contributed by atoms with Crippen molar-refractivity contribution in [2.75, 3.05) is 10.2 Å². The number of nitrogens with one attached hydrogen (secondary N) is 1. The van der Waals surface area contributed by atoms with Crippen LogP contribution in [0.3, 0.4) is 0 Å². The number of aromatic nitrogens is 1. The number of hydrogen-bond acceptors (Lipinski definition) is 5. The summed E-state index contributed by atoms with van der Waals surface area (Å²) in [6.45, 7) is 0. The van der Waals surface area contributed by atoms with Crippen LogP contribution in [0, 0.1) is 11.3 Å². The molecule has 8 nitrogen and oxygen atoms in total. The van der Waals surface area contributed by atoms with Crippen LogP contribution in [0.2, 0.25) is 0 Å². The third kappa shape index (κ3) is 3.28. The molecule has 0 spiro atoms. The van der Waals surface area contributed by atoms with Gasteiger partial charge in [0, 0.05) is 17.1 Å². The molecule has 0 amide bonds. The van der Waals surface area contributed by atoms with E-state index in [1.807, 2.05) is 6.07 Å². The van der Waals surface area contributed by atoms with E-state index in [1.165, 1.54) is 36.5 Å². The minimum Gasteiger partial charge on any atom is -0.360 e. The van der Waals surface area contributed by atoms with Crippen LogP contribution in [0.15, 0.2) is 59.6 Å². The third-order valence-electron chi connectivity index (χ3n) is 3.70. The van der Waals surface area contributed by atoms with E-state index in [-0.39, 0.29) is 16.1 Å². The fourth-order valence-corrected chi connectivity index (χ4v) is 5.24. The van der Waals surface area contributed by atoms with Crippen molar-refractivity contribution in [3.05, 3.63) is 60.3 Å².